The Kier molecular flexibility index (Phi) is 5.12. The van der Waals surface area contributed by atoms with Crippen LogP contribution >= 0.6 is 11.6 Å². The molecule has 0 aromatic heterocycles. The number of halogens is 1. The summed E-state index contributed by atoms with van der Waals surface area (Å²) in [5.41, 5.74) is 0.0729. The zero-order valence-corrected chi connectivity index (χ0v) is 13.6. The first kappa shape index (κ1) is 16.1. The first-order chi connectivity index (χ1) is 9.83. The van der Waals surface area contributed by atoms with Gasteiger partial charge in [-0.2, -0.15) is 0 Å². The number of carbonyl (C=O) groups excluding carboxylic acids is 1. The Balaban J connectivity index is 1.78. The molecule has 4 nitrogen and oxygen atoms in total. The molecule has 1 saturated heterocycles. The fourth-order valence-electron chi connectivity index (χ4n) is 2.48. The second-order valence-electron chi connectivity index (χ2n) is 6.46. The maximum atomic E-state index is 12.1. The van der Waals surface area contributed by atoms with Crippen molar-refractivity contribution in [2.24, 2.45) is 0 Å². The molecule has 0 aliphatic carbocycles. The number of nitrogens with one attached hydrogen (secondary N) is 1. The van der Waals surface area contributed by atoms with Crippen LogP contribution < -0.4 is 10.1 Å². The van der Waals surface area contributed by atoms with Gasteiger partial charge in [0.25, 0.3) is 5.91 Å². The highest BCUT2D eigenvalue weighted by atomic mass is 35.5. The summed E-state index contributed by atoms with van der Waals surface area (Å²) in [4.78, 5) is 14.0. The van der Waals surface area contributed by atoms with Gasteiger partial charge in [0, 0.05) is 29.7 Å². The molecule has 116 valence electrons. The van der Waals surface area contributed by atoms with Crippen molar-refractivity contribution >= 4 is 17.5 Å². The van der Waals surface area contributed by atoms with Gasteiger partial charge < -0.3 is 15.0 Å². The largest absolute Gasteiger partial charge is 0.484 e. The van der Waals surface area contributed by atoms with Crippen molar-refractivity contribution in [1.29, 1.82) is 0 Å². The first-order valence-electron chi connectivity index (χ1n) is 7.27. The second kappa shape index (κ2) is 6.67. The minimum Gasteiger partial charge on any atom is -0.484 e. The highest BCUT2D eigenvalue weighted by Crippen LogP contribution is 2.17. The van der Waals surface area contributed by atoms with E-state index in [2.05, 4.69) is 26.1 Å². The van der Waals surface area contributed by atoms with Gasteiger partial charge in [0.15, 0.2) is 6.61 Å². The molecule has 0 radical (unpaired) electrons. The average molecular weight is 311 g/mol. The van der Waals surface area contributed by atoms with E-state index < -0.39 is 0 Å². The SMILES string of the molecule is CC(C)(C)NC1CCN(C(=O)COc2ccc(Cl)cc2)C1. The summed E-state index contributed by atoms with van der Waals surface area (Å²) >= 11 is 5.81. The lowest BCUT2D eigenvalue weighted by Crippen LogP contribution is -2.45. The molecule has 1 aromatic carbocycles. The predicted molar refractivity (Wildman–Crippen MR) is 84.8 cm³/mol. The van der Waals surface area contributed by atoms with Crippen LogP contribution in [0.2, 0.25) is 5.02 Å². The Hall–Kier alpha value is -1.26. The zero-order valence-electron chi connectivity index (χ0n) is 12.9. The van der Waals surface area contributed by atoms with Crippen molar-refractivity contribution in [3.8, 4) is 5.75 Å². The highest BCUT2D eigenvalue weighted by Gasteiger charge is 2.28. The van der Waals surface area contributed by atoms with Gasteiger partial charge in [0.2, 0.25) is 0 Å². The van der Waals surface area contributed by atoms with Crippen molar-refractivity contribution in [3.63, 3.8) is 0 Å². The summed E-state index contributed by atoms with van der Waals surface area (Å²) in [6.07, 6.45) is 0.990. The van der Waals surface area contributed by atoms with Crippen LogP contribution in [0.3, 0.4) is 0 Å². The molecule has 1 amide bonds. The fourth-order valence-corrected chi connectivity index (χ4v) is 2.61. The molecule has 1 unspecified atom stereocenters. The summed E-state index contributed by atoms with van der Waals surface area (Å²) in [6, 6.07) is 7.40. The molecule has 1 aliphatic rings. The number of ether oxygens (including phenoxy) is 1. The van der Waals surface area contributed by atoms with Crippen LogP contribution in [0, 0.1) is 0 Å². The summed E-state index contributed by atoms with van der Waals surface area (Å²) in [7, 11) is 0. The third-order valence-electron chi connectivity index (χ3n) is 3.35. The minimum absolute atomic E-state index is 0.0307. The van der Waals surface area contributed by atoms with Crippen LogP contribution in [0.1, 0.15) is 27.2 Å². The minimum atomic E-state index is 0.0307. The van der Waals surface area contributed by atoms with Gasteiger partial charge in [-0.1, -0.05) is 11.6 Å². The molecule has 21 heavy (non-hydrogen) atoms. The maximum absolute atomic E-state index is 12.1. The van der Waals surface area contributed by atoms with Gasteiger partial charge in [0.1, 0.15) is 5.75 Å². The summed E-state index contributed by atoms with van der Waals surface area (Å²) in [5.74, 6) is 0.694. The smallest absolute Gasteiger partial charge is 0.260 e. The van der Waals surface area contributed by atoms with E-state index in [1.807, 2.05) is 4.90 Å². The van der Waals surface area contributed by atoms with Gasteiger partial charge in [0.05, 0.1) is 0 Å². The molecule has 1 N–H and O–H groups in total. The summed E-state index contributed by atoms with van der Waals surface area (Å²) in [5, 5.41) is 4.19. The number of carbonyl (C=O) groups is 1. The highest BCUT2D eigenvalue weighted by molar-refractivity contribution is 6.30. The number of hydrogen-bond donors (Lipinski definition) is 1. The molecule has 5 heteroatoms. The van der Waals surface area contributed by atoms with Crippen molar-refractivity contribution in [1.82, 2.24) is 10.2 Å². The quantitative estimate of drug-likeness (QED) is 0.929. The van der Waals surface area contributed by atoms with E-state index >= 15 is 0 Å². The molecule has 1 atom stereocenters. The summed E-state index contributed by atoms with van der Waals surface area (Å²) in [6.45, 7) is 8.03. The van der Waals surface area contributed by atoms with Gasteiger partial charge >= 0.3 is 0 Å². The molecule has 1 heterocycles. The van der Waals surface area contributed by atoms with Crippen LogP contribution in [0.25, 0.3) is 0 Å². The molecule has 1 aromatic rings. The molecular weight excluding hydrogens is 288 g/mol. The van der Waals surface area contributed by atoms with E-state index in [0.29, 0.717) is 16.8 Å². The number of likely N-dealkylation sites (tertiary alicyclic amines) is 1. The van der Waals surface area contributed by atoms with Gasteiger partial charge in [-0.25, -0.2) is 0 Å². The number of amides is 1. The van der Waals surface area contributed by atoms with E-state index in [0.717, 1.165) is 19.5 Å². The predicted octanol–water partition coefficient (Wildman–Crippen LogP) is 2.71. The molecular formula is C16H23ClN2O2. The normalized spacial score (nSPS) is 18.9. The molecule has 0 spiro atoms. The van der Waals surface area contributed by atoms with Crippen molar-refractivity contribution in [2.45, 2.75) is 38.8 Å². The lowest BCUT2D eigenvalue weighted by Gasteiger charge is -2.26. The number of benzene rings is 1. The Morgan fingerprint density at radius 2 is 2.05 bits per heavy atom. The molecule has 2 rings (SSSR count). The second-order valence-corrected chi connectivity index (χ2v) is 6.90. The Morgan fingerprint density at radius 3 is 2.67 bits per heavy atom. The van der Waals surface area contributed by atoms with Crippen molar-refractivity contribution < 1.29 is 9.53 Å². The molecule has 1 aliphatic heterocycles. The molecule has 1 fully saturated rings. The van der Waals surface area contributed by atoms with Crippen LogP contribution in [0.4, 0.5) is 0 Å². The standard InChI is InChI=1S/C16H23ClN2O2/c1-16(2,3)18-13-8-9-19(10-13)15(20)11-21-14-6-4-12(17)5-7-14/h4-7,13,18H,8-11H2,1-3H3. The number of rotatable bonds is 4. The van der Waals surface area contributed by atoms with Gasteiger partial charge in [-0.3, -0.25) is 4.79 Å². The van der Waals surface area contributed by atoms with E-state index in [4.69, 9.17) is 16.3 Å². The van der Waals surface area contributed by atoms with Crippen LogP contribution in [0.5, 0.6) is 5.75 Å². The lowest BCUT2D eigenvalue weighted by molar-refractivity contribution is -0.132. The summed E-state index contributed by atoms with van der Waals surface area (Å²) < 4.78 is 5.50. The first-order valence-corrected chi connectivity index (χ1v) is 7.65. The third-order valence-corrected chi connectivity index (χ3v) is 3.61. The zero-order chi connectivity index (χ0) is 15.5. The monoisotopic (exact) mass is 310 g/mol. The average Bonchev–Trinajstić information content (AvgIpc) is 2.84. The Bertz CT molecular complexity index is 482. The maximum Gasteiger partial charge on any atom is 0.260 e. The van der Waals surface area contributed by atoms with E-state index in [1.54, 1.807) is 24.3 Å². The third kappa shape index (κ3) is 5.21. The van der Waals surface area contributed by atoms with E-state index in [-0.39, 0.29) is 18.1 Å². The van der Waals surface area contributed by atoms with Crippen LogP contribution in [-0.4, -0.2) is 42.1 Å². The molecule has 0 bridgehead atoms. The van der Waals surface area contributed by atoms with Crippen LogP contribution in [-0.2, 0) is 4.79 Å². The number of nitrogens with zero attached hydrogens (tertiary/aromatic N) is 1. The Morgan fingerprint density at radius 1 is 1.38 bits per heavy atom. The van der Waals surface area contributed by atoms with Gasteiger partial charge in [-0.05, 0) is 51.5 Å². The molecule has 0 saturated carbocycles. The fraction of sp³-hybridized carbons (Fsp3) is 0.562. The lowest BCUT2D eigenvalue weighted by atomic mass is 10.1. The van der Waals surface area contributed by atoms with Gasteiger partial charge in [-0.15, -0.1) is 0 Å². The van der Waals surface area contributed by atoms with Crippen LogP contribution in [0.15, 0.2) is 24.3 Å². The van der Waals surface area contributed by atoms with E-state index in [9.17, 15) is 4.79 Å². The topological polar surface area (TPSA) is 41.6 Å². The van der Waals surface area contributed by atoms with E-state index in [1.165, 1.54) is 0 Å². The Labute approximate surface area is 131 Å². The van der Waals surface area contributed by atoms with Crippen molar-refractivity contribution in [2.75, 3.05) is 19.7 Å². The van der Waals surface area contributed by atoms with Crippen molar-refractivity contribution in [3.05, 3.63) is 29.3 Å². The number of hydrogen-bond acceptors (Lipinski definition) is 3.